The first-order valence-electron chi connectivity index (χ1n) is 7.93. The number of esters is 1. The van der Waals surface area contributed by atoms with Crippen LogP contribution in [0.4, 0.5) is 5.82 Å². The number of carbonyl (C=O) groups is 1. The summed E-state index contributed by atoms with van der Waals surface area (Å²) in [7, 11) is 2.04. The molecule has 4 heteroatoms. The number of rotatable bonds is 8. The summed E-state index contributed by atoms with van der Waals surface area (Å²) in [5.41, 5.74) is 1.01. The molecule has 0 spiro atoms. The predicted octanol–water partition coefficient (Wildman–Crippen LogP) is 3.79. The van der Waals surface area contributed by atoms with Crippen molar-refractivity contribution in [2.45, 2.75) is 32.6 Å². The van der Waals surface area contributed by atoms with Crippen LogP contribution in [-0.2, 0) is 9.53 Å². The second kappa shape index (κ2) is 8.37. The Hall–Kier alpha value is -2.10. The molecule has 1 aromatic carbocycles. The molecular weight excluding hydrogens is 276 g/mol. The van der Waals surface area contributed by atoms with Crippen molar-refractivity contribution in [3.63, 3.8) is 0 Å². The number of nitrogens with zero attached hydrogens (tertiary/aromatic N) is 2. The van der Waals surface area contributed by atoms with Crippen LogP contribution in [-0.4, -0.2) is 31.2 Å². The van der Waals surface area contributed by atoms with Crippen LogP contribution in [0.5, 0.6) is 0 Å². The highest BCUT2D eigenvalue weighted by atomic mass is 16.5. The molecule has 22 heavy (non-hydrogen) atoms. The van der Waals surface area contributed by atoms with Crippen molar-refractivity contribution in [2.24, 2.45) is 0 Å². The smallest absolute Gasteiger partial charge is 0.305 e. The minimum Gasteiger partial charge on any atom is -0.466 e. The largest absolute Gasteiger partial charge is 0.466 e. The number of anilines is 1. The second-order valence-electron chi connectivity index (χ2n) is 5.46. The minimum atomic E-state index is -0.0907. The number of carbonyl (C=O) groups excluding carboxylic acids is 1. The molecule has 2 aromatic rings. The summed E-state index contributed by atoms with van der Waals surface area (Å²) in [4.78, 5) is 18.0. The van der Waals surface area contributed by atoms with Gasteiger partial charge in [0.1, 0.15) is 5.82 Å². The van der Waals surface area contributed by atoms with Crippen LogP contribution in [0.1, 0.15) is 32.6 Å². The first-order chi connectivity index (χ1) is 10.7. The highest BCUT2D eigenvalue weighted by Crippen LogP contribution is 2.17. The van der Waals surface area contributed by atoms with Crippen LogP contribution in [0, 0.1) is 0 Å². The number of aromatic nitrogens is 1. The fraction of sp³-hybridized carbons (Fsp3) is 0.444. The van der Waals surface area contributed by atoms with Crippen molar-refractivity contribution in [1.82, 2.24) is 4.98 Å². The fourth-order valence-corrected chi connectivity index (χ4v) is 2.30. The zero-order chi connectivity index (χ0) is 15.8. The van der Waals surface area contributed by atoms with Crippen LogP contribution in [0.3, 0.4) is 0 Å². The van der Waals surface area contributed by atoms with Crippen LogP contribution >= 0.6 is 0 Å². The third kappa shape index (κ3) is 4.72. The van der Waals surface area contributed by atoms with Gasteiger partial charge in [0, 0.05) is 25.4 Å². The lowest BCUT2D eigenvalue weighted by Crippen LogP contribution is -2.20. The van der Waals surface area contributed by atoms with E-state index in [4.69, 9.17) is 4.74 Å². The number of pyridine rings is 1. The van der Waals surface area contributed by atoms with Crippen molar-refractivity contribution < 1.29 is 9.53 Å². The topological polar surface area (TPSA) is 42.4 Å². The van der Waals surface area contributed by atoms with Gasteiger partial charge in [0.05, 0.1) is 12.1 Å². The molecule has 0 unspecified atom stereocenters. The van der Waals surface area contributed by atoms with Gasteiger partial charge in [-0.05, 0) is 37.5 Å². The monoisotopic (exact) mass is 300 g/mol. The van der Waals surface area contributed by atoms with E-state index in [0.717, 1.165) is 42.5 Å². The number of para-hydroxylation sites is 1. The molecular formula is C18H24N2O2. The summed E-state index contributed by atoms with van der Waals surface area (Å²) in [6, 6.07) is 12.3. The van der Waals surface area contributed by atoms with E-state index in [1.54, 1.807) is 0 Å². The van der Waals surface area contributed by atoms with Gasteiger partial charge >= 0.3 is 5.97 Å². The molecule has 0 N–H and O–H groups in total. The molecule has 0 amide bonds. The van der Waals surface area contributed by atoms with E-state index in [2.05, 4.69) is 22.0 Å². The number of fused-ring (bicyclic) bond motifs is 1. The number of unbranched alkanes of at least 4 members (excludes halogenated alkanes) is 1. The third-order valence-electron chi connectivity index (χ3n) is 3.58. The van der Waals surface area contributed by atoms with E-state index in [1.165, 1.54) is 0 Å². The van der Waals surface area contributed by atoms with Gasteiger partial charge in [-0.1, -0.05) is 25.1 Å². The summed E-state index contributed by atoms with van der Waals surface area (Å²) < 4.78 is 5.15. The number of ether oxygens (including phenoxy) is 1. The lowest BCUT2D eigenvalue weighted by atomic mass is 10.2. The zero-order valence-corrected chi connectivity index (χ0v) is 13.4. The molecule has 2 rings (SSSR count). The standard InChI is InChI=1S/C18H24N2O2/c1-3-8-18(21)22-14-7-6-13-20(2)17-12-11-15-9-4-5-10-16(15)19-17/h4-5,9-12H,3,6-8,13-14H2,1-2H3. The van der Waals surface area contributed by atoms with Gasteiger partial charge in [-0.2, -0.15) is 0 Å². The second-order valence-corrected chi connectivity index (χ2v) is 5.46. The van der Waals surface area contributed by atoms with Crippen LogP contribution in [0.15, 0.2) is 36.4 Å². The molecule has 118 valence electrons. The lowest BCUT2D eigenvalue weighted by Gasteiger charge is -2.18. The van der Waals surface area contributed by atoms with Crippen LogP contribution < -0.4 is 4.90 Å². The quantitative estimate of drug-likeness (QED) is 0.549. The number of hydrogen-bond acceptors (Lipinski definition) is 4. The van der Waals surface area contributed by atoms with Gasteiger partial charge in [0.25, 0.3) is 0 Å². The molecule has 0 aliphatic rings. The highest BCUT2D eigenvalue weighted by molar-refractivity contribution is 5.80. The average molecular weight is 300 g/mol. The molecule has 0 aliphatic carbocycles. The van der Waals surface area contributed by atoms with Gasteiger partial charge in [-0.15, -0.1) is 0 Å². The number of hydrogen-bond donors (Lipinski definition) is 0. The molecule has 0 aliphatic heterocycles. The first kappa shape index (κ1) is 16.3. The maximum absolute atomic E-state index is 11.2. The molecule has 0 bridgehead atoms. The van der Waals surface area contributed by atoms with Gasteiger partial charge < -0.3 is 9.64 Å². The summed E-state index contributed by atoms with van der Waals surface area (Å²) in [5, 5.41) is 1.16. The maximum atomic E-state index is 11.2. The van der Waals surface area contributed by atoms with Crippen LogP contribution in [0.25, 0.3) is 10.9 Å². The number of benzene rings is 1. The average Bonchev–Trinajstić information content (AvgIpc) is 2.54. The van der Waals surface area contributed by atoms with Crippen molar-refractivity contribution in [1.29, 1.82) is 0 Å². The molecule has 0 fully saturated rings. The Kier molecular flexibility index (Phi) is 6.19. The van der Waals surface area contributed by atoms with E-state index in [9.17, 15) is 4.79 Å². The van der Waals surface area contributed by atoms with Crippen molar-refractivity contribution in [3.05, 3.63) is 36.4 Å². The first-order valence-corrected chi connectivity index (χ1v) is 7.93. The van der Waals surface area contributed by atoms with Gasteiger partial charge in [-0.25, -0.2) is 4.98 Å². The summed E-state index contributed by atoms with van der Waals surface area (Å²) in [6.07, 6.45) is 3.22. The molecule has 1 heterocycles. The molecule has 0 radical (unpaired) electrons. The van der Waals surface area contributed by atoms with E-state index >= 15 is 0 Å². The molecule has 1 aromatic heterocycles. The highest BCUT2D eigenvalue weighted by Gasteiger charge is 2.04. The zero-order valence-electron chi connectivity index (χ0n) is 13.4. The molecule has 0 atom stereocenters. The Labute approximate surface area is 132 Å². The maximum Gasteiger partial charge on any atom is 0.305 e. The molecule has 4 nitrogen and oxygen atoms in total. The van der Waals surface area contributed by atoms with Crippen LogP contribution in [0.2, 0.25) is 0 Å². The fourth-order valence-electron chi connectivity index (χ4n) is 2.30. The van der Waals surface area contributed by atoms with Crippen molar-refractivity contribution in [2.75, 3.05) is 25.1 Å². The summed E-state index contributed by atoms with van der Waals surface area (Å²) in [6.45, 7) is 3.39. The van der Waals surface area contributed by atoms with Gasteiger partial charge in [0.2, 0.25) is 0 Å². The SMILES string of the molecule is CCCC(=O)OCCCCN(C)c1ccc2ccccc2n1. The lowest BCUT2D eigenvalue weighted by molar-refractivity contribution is -0.143. The Morgan fingerprint density at radius 3 is 2.82 bits per heavy atom. The Balaban J connectivity index is 1.76. The van der Waals surface area contributed by atoms with E-state index in [-0.39, 0.29) is 5.97 Å². The molecule has 0 saturated carbocycles. The minimum absolute atomic E-state index is 0.0907. The molecule has 0 saturated heterocycles. The summed E-state index contributed by atoms with van der Waals surface area (Å²) in [5.74, 6) is 0.883. The van der Waals surface area contributed by atoms with E-state index in [1.807, 2.05) is 38.2 Å². The Morgan fingerprint density at radius 2 is 2.00 bits per heavy atom. The third-order valence-corrected chi connectivity index (χ3v) is 3.58. The van der Waals surface area contributed by atoms with Crippen molar-refractivity contribution >= 4 is 22.7 Å². The van der Waals surface area contributed by atoms with E-state index < -0.39 is 0 Å². The normalized spacial score (nSPS) is 10.6. The Bertz CT molecular complexity index is 613. The van der Waals surface area contributed by atoms with Gasteiger partial charge in [-0.3, -0.25) is 4.79 Å². The Morgan fingerprint density at radius 1 is 1.18 bits per heavy atom. The summed E-state index contributed by atoms with van der Waals surface area (Å²) >= 11 is 0. The van der Waals surface area contributed by atoms with Crippen molar-refractivity contribution in [3.8, 4) is 0 Å². The predicted molar refractivity (Wildman–Crippen MR) is 90.1 cm³/mol. The van der Waals surface area contributed by atoms with E-state index in [0.29, 0.717) is 13.0 Å². The van der Waals surface area contributed by atoms with Gasteiger partial charge in [0.15, 0.2) is 0 Å².